The first-order valence-electron chi connectivity index (χ1n) is 7.99. The second-order valence-corrected chi connectivity index (χ2v) is 6.26. The lowest BCUT2D eigenvalue weighted by atomic mass is 10.1. The van der Waals surface area contributed by atoms with Gasteiger partial charge in [-0.05, 0) is 41.8 Å². The van der Waals surface area contributed by atoms with E-state index in [4.69, 9.17) is 4.74 Å². The first-order valence-corrected chi connectivity index (χ1v) is 8.93. The van der Waals surface area contributed by atoms with Crippen molar-refractivity contribution >= 4 is 11.3 Å². The Morgan fingerprint density at radius 2 is 2.04 bits per heavy atom. The van der Waals surface area contributed by atoms with Crippen LogP contribution in [0.1, 0.15) is 31.4 Å². The fourth-order valence-electron chi connectivity index (χ4n) is 2.62. The molecule has 5 heteroatoms. The first kappa shape index (κ1) is 17.8. The number of phenols is 1. The number of para-hydroxylation sites is 1. The standard InChI is InChI=1S/C18H25NO3S/c1-3-16(12-20)19(10-14-8-9-23-13-14)11-15-6-5-7-17(18(15)21)22-4-2/h5-9,13,16,20-21H,3-4,10-12H2,1-2H3/t16-/m0/s1. The average molecular weight is 335 g/mol. The van der Waals surface area contributed by atoms with Crippen molar-refractivity contribution < 1.29 is 14.9 Å². The van der Waals surface area contributed by atoms with Crippen molar-refractivity contribution in [1.82, 2.24) is 4.90 Å². The van der Waals surface area contributed by atoms with Gasteiger partial charge in [-0.1, -0.05) is 19.1 Å². The summed E-state index contributed by atoms with van der Waals surface area (Å²) in [6, 6.07) is 7.73. The zero-order chi connectivity index (χ0) is 16.7. The van der Waals surface area contributed by atoms with Gasteiger partial charge in [-0.25, -0.2) is 0 Å². The van der Waals surface area contributed by atoms with E-state index in [0.29, 0.717) is 18.9 Å². The monoisotopic (exact) mass is 335 g/mol. The highest BCUT2D eigenvalue weighted by atomic mass is 32.1. The Bertz CT molecular complexity index is 582. The molecule has 0 unspecified atom stereocenters. The van der Waals surface area contributed by atoms with Crippen LogP contribution < -0.4 is 4.74 Å². The fourth-order valence-corrected chi connectivity index (χ4v) is 3.28. The lowest BCUT2D eigenvalue weighted by Crippen LogP contribution is -2.36. The van der Waals surface area contributed by atoms with E-state index in [9.17, 15) is 10.2 Å². The third-order valence-corrected chi connectivity index (χ3v) is 4.65. The molecule has 23 heavy (non-hydrogen) atoms. The topological polar surface area (TPSA) is 52.9 Å². The van der Waals surface area contributed by atoms with Gasteiger partial charge in [0.15, 0.2) is 11.5 Å². The molecule has 2 N–H and O–H groups in total. The summed E-state index contributed by atoms with van der Waals surface area (Å²) in [5, 5.41) is 24.3. The molecule has 0 saturated heterocycles. The van der Waals surface area contributed by atoms with E-state index in [1.54, 1.807) is 17.4 Å². The van der Waals surface area contributed by atoms with Crippen molar-refractivity contribution in [2.24, 2.45) is 0 Å². The van der Waals surface area contributed by atoms with Gasteiger partial charge in [0.25, 0.3) is 0 Å². The summed E-state index contributed by atoms with van der Waals surface area (Å²) in [6.45, 7) is 5.91. The van der Waals surface area contributed by atoms with Crippen molar-refractivity contribution in [3.8, 4) is 11.5 Å². The van der Waals surface area contributed by atoms with Crippen molar-refractivity contribution in [2.75, 3.05) is 13.2 Å². The number of hydrogen-bond acceptors (Lipinski definition) is 5. The van der Waals surface area contributed by atoms with Crippen LogP contribution in [0.3, 0.4) is 0 Å². The molecule has 0 fully saturated rings. The van der Waals surface area contributed by atoms with Crippen LogP contribution in [0.15, 0.2) is 35.0 Å². The summed E-state index contributed by atoms with van der Waals surface area (Å²) >= 11 is 1.67. The van der Waals surface area contributed by atoms with Gasteiger partial charge in [-0.3, -0.25) is 4.90 Å². The highest BCUT2D eigenvalue weighted by Gasteiger charge is 2.19. The molecule has 4 nitrogen and oxygen atoms in total. The zero-order valence-corrected chi connectivity index (χ0v) is 14.6. The molecule has 1 aromatic heterocycles. The molecule has 0 amide bonds. The van der Waals surface area contributed by atoms with E-state index in [0.717, 1.165) is 18.5 Å². The number of phenolic OH excluding ortho intramolecular Hbond substituents is 1. The number of thiophene rings is 1. The van der Waals surface area contributed by atoms with E-state index >= 15 is 0 Å². The van der Waals surface area contributed by atoms with E-state index in [1.165, 1.54) is 5.56 Å². The maximum Gasteiger partial charge on any atom is 0.162 e. The Morgan fingerprint density at radius 1 is 1.22 bits per heavy atom. The summed E-state index contributed by atoms with van der Waals surface area (Å²) in [7, 11) is 0. The van der Waals surface area contributed by atoms with Gasteiger partial charge in [0.1, 0.15) is 0 Å². The summed E-state index contributed by atoms with van der Waals surface area (Å²) < 4.78 is 5.46. The number of aliphatic hydroxyl groups is 1. The SMILES string of the molecule is CCOc1cccc(CN(Cc2ccsc2)[C@@H](CC)CO)c1O. The molecular formula is C18H25NO3S. The molecule has 1 aromatic carbocycles. The Kier molecular flexibility index (Phi) is 6.89. The number of nitrogens with zero attached hydrogens (tertiary/aromatic N) is 1. The van der Waals surface area contributed by atoms with Crippen molar-refractivity contribution in [2.45, 2.75) is 39.4 Å². The van der Waals surface area contributed by atoms with E-state index in [-0.39, 0.29) is 18.4 Å². The highest BCUT2D eigenvalue weighted by Crippen LogP contribution is 2.31. The summed E-state index contributed by atoms with van der Waals surface area (Å²) in [5.41, 5.74) is 2.04. The molecule has 2 rings (SSSR count). The molecule has 0 radical (unpaired) electrons. The van der Waals surface area contributed by atoms with Crippen LogP contribution in [0.4, 0.5) is 0 Å². The molecule has 0 spiro atoms. The van der Waals surface area contributed by atoms with Crippen LogP contribution in [0.5, 0.6) is 11.5 Å². The van der Waals surface area contributed by atoms with E-state index < -0.39 is 0 Å². The summed E-state index contributed by atoms with van der Waals surface area (Å²) in [5.74, 6) is 0.704. The number of aliphatic hydroxyl groups excluding tert-OH is 1. The Hall–Kier alpha value is -1.56. The molecule has 1 atom stereocenters. The van der Waals surface area contributed by atoms with Crippen LogP contribution in [0.2, 0.25) is 0 Å². The predicted octanol–water partition coefficient (Wildman–Crippen LogP) is 3.63. The van der Waals surface area contributed by atoms with Gasteiger partial charge in [-0.15, -0.1) is 0 Å². The van der Waals surface area contributed by atoms with Gasteiger partial charge < -0.3 is 14.9 Å². The summed E-state index contributed by atoms with van der Waals surface area (Å²) in [4.78, 5) is 2.20. The lowest BCUT2D eigenvalue weighted by Gasteiger charge is -2.30. The zero-order valence-electron chi connectivity index (χ0n) is 13.7. The maximum absolute atomic E-state index is 10.4. The molecule has 1 heterocycles. The maximum atomic E-state index is 10.4. The molecule has 2 aromatic rings. The molecule has 0 aliphatic carbocycles. The Balaban J connectivity index is 2.21. The third-order valence-electron chi connectivity index (χ3n) is 3.92. The number of ether oxygens (including phenoxy) is 1. The normalized spacial score (nSPS) is 12.5. The van der Waals surface area contributed by atoms with Crippen LogP contribution in [0.25, 0.3) is 0 Å². The quantitative estimate of drug-likeness (QED) is 0.735. The fraction of sp³-hybridized carbons (Fsp3) is 0.444. The molecule has 0 aliphatic heterocycles. The molecule has 0 bridgehead atoms. The summed E-state index contributed by atoms with van der Waals surface area (Å²) in [6.07, 6.45) is 0.854. The minimum atomic E-state index is 0.0602. The van der Waals surface area contributed by atoms with Crippen LogP contribution in [-0.2, 0) is 13.1 Å². The average Bonchev–Trinajstić information content (AvgIpc) is 3.05. The lowest BCUT2D eigenvalue weighted by molar-refractivity contribution is 0.106. The number of rotatable bonds is 9. The number of hydrogen-bond donors (Lipinski definition) is 2. The predicted molar refractivity (Wildman–Crippen MR) is 94.0 cm³/mol. The molecule has 0 saturated carbocycles. The van der Waals surface area contributed by atoms with Gasteiger partial charge in [0.05, 0.1) is 13.2 Å². The van der Waals surface area contributed by atoms with Gasteiger partial charge in [0.2, 0.25) is 0 Å². The molecule has 0 aliphatic rings. The Labute approximate surface area is 142 Å². The first-order chi connectivity index (χ1) is 11.2. The van der Waals surface area contributed by atoms with Gasteiger partial charge >= 0.3 is 0 Å². The van der Waals surface area contributed by atoms with Crippen LogP contribution in [0, 0.1) is 0 Å². The highest BCUT2D eigenvalue weighted by molar-refractivity contribution is 7.07. The van der Waals surface area contributed by atoms with Crippen LogP contribution in [-0.4, -0.2) is 34.4 Å². The number of aromatic hydroxyl groups is 1. The van der Waals surface area contributed by atoms with E-state index in [1.807, 2.05) is 19.1 Å². The largest absolute Gasteiger partial charge is 0.504 e. The van der Waals surface area contributed by atoms with Crippen molar-refractivity contribution in [1.29, 1.82) is 0 Å². The molecular weight excluding hydrogens is 310 g/mol. The smallest absolute Gasteiger partial charge is 0.162 e. The second kappa shape index (κ2) is 8.91. The van der Waals surface area contributed by atoms with Gasteiger partial charge in [-0.2, -0.15) is 11.3 Å². The number of benzene rings is 1. The Morgan fingerprint density at radius 3 is 2.65 bits per heavy atom. The minimum absolute atomic E-state index is 0.0602. The molecule has 126 valence electrons. The van der Waals surface area contributed by atoms with Crippen LogP contribution >= 0.6 is 11.3 Å². The van der Waals surface area contributed by atoms with Gasteiger partial charge in [0, 0.05) is 24.7 Å². The third kappa shape index (κ3) is 4.70. The van der Waals surface area contributed by atoms with Crippen molar-refractivity contribution in [3.05, 3.63) is 46.2 Å². The van der Waals surface area contributed by atoms with Crippen molar-refractivity contribution in [3.63, 3.8) is 0 Å². The second-order valence-electron chi connectivity index (χ2n) is 5.48. The minimum Gasteiger partial charge on any atom is -0.504 e. The van der Waals surface area contributed by atoms with E-state index in [2.05, 4.69) is 28.7 Å².